The molecule has 0 aliphatic rings. The van der Waals surface area contributed by atoms with Gasteiger partial charge in [0.05, 0.1) is 11.9 Å². The summed E-state index contributed by atoms with van der Waals surface area (Å²) < 4.78 is 5.20. The maximum absolute atomic E-state index is 11.7. The number of carbonyl (C=O) groups is 1. The fourth-order valence-electron chi connectivity index (χ4n) is 2.04. The minimum atomic E-state index is -0.528. The van der Waals surface area contributed by atoms with Crippen LogP contribution in [0.4, 0.5) is 16.3 Å². The molecule has 2 rings (SSSR count). The van der Waals surface area contributed by atoms with Crippen LogP contribution in [0.1, 0.15) is 26.3 Å². The summed E-state index contributed by atoms with van der Waals surface area (Å²) in [6.07, 6.45) is 1.23. The van der Waals surface area contributed by atoms with E-state index < -0.39 is 11.7 Å². The fourth-order valence-corrected chi connectivity index (χ4v) is 2.04. The Bertz CT molecular complexity index is 634. The summed E-state index contributed by atoms with van der Waals surface area (Å²) >= 11 is 0. The molecule has 122 valence electrons. The summed E-state index contributed by atoms with van der Waals surface area (Å²) in [7, 11) is 2.00. The van der Waals surface area contributed by atoms with E-state index in [0.717, 1.165) is 12.2 Å². The van der Waals surface area contributed by atoms with Crippen LogP contribution in [0, 0.1) is 0 Å². The van der Waals surface area contributed by atoms with Gasteiger partial charge in [0.25, 0.3) is 0 Å². The van der Waals surface area contributed by atoms with Gasteiger partial charge in [-0.15, -0.1) is 0 Å². The molecule has 0 bridgehead atoms. The molecule has 0 aliphatic carbocycles. The van der Waals surface area contributed by atoms with Gasteiger partial charge < -0.3 is 9.64 Å². The van der Waals surface area contributed by atoms with E-state index in [1.54, 1.807) is 12.3 Å². The molecule has 1 aromatic heterocycles. The van der Waals surface area contributed by atoms with Gasteiger partial charge >= 0.3 is 6.09 Å². The van der Waals surface area contributed by atoms with Gasteiger partial charge in [0.15, 0.2) is 0 Å². The van der Waals surface area contributed by atoms with Gasteiger partial charge in [-0.05, 0) is 38.5 Å². The number of ether oxygens (including phenoxy) is 1. The molecule has 5 nitrogen and oxygen atoms in total. The van der Waals surface area contributed by atoms with Gasteiger partial charge in [0.1, 0.15) is 11.4 Å². The van der Waals surface area contributed by atoms with Crippen molar-refractivity contribution in [3.63, 3.8) is 0 Å². The van der Waals surface area contributed by atoms with Crippen molar-refractivity contribution in [2.45, 2.75) is 32.9 Å². The molecule has 5 heteroatoms. The molecular formula is C18H23N3O2. The lowest BCUT2D eigenvalue weighted by molar-refractivity contribution is 0.0635. The number of nitrogens with zero attached hydrogens (tertiary/aromatic N) is 2. The average molecular weight is 313 g/mol. The summed E-state index contributed by atoms with van der Waals surface area (Å²) in [5.74, 6) is 0.469. The Kier molecular flexibility index (Phi) is 5.21. The molecule has 0 spiro atoms. The summed E-state index contributed by atoms with van der Waals surface area (Å²) in [6, 6.07) is 13.9. The average Bonchev–Trinajstić information content (AvgIpc) is 2.47. The number of nitrogens with one attached hydrogen (secondary N) is 1. The summed E-state index contributed by atoms with van der Waals surface area (Å²) in [5.41, 5.74) is 1.68. The van der Waals surface area contributed by atoms with Crippen molar-refractivity contribution in [1.82, 2.24) is 4.98 Å². The number of hydrogen-bond donors (Lipinski definition) is 1. The van der Waals surface area contributed by atoms with E-state index in [2.05, 4.69) is 27.3 Å². The van der Waals surface area contributed by atoms with E-state index in [-0.39, 0.29) is 0 Å². The first kappa shape index (κ1) is 16.8. The van der Waals surface area contributed by atoms with E-state index in [1.165, 1.54) is 5.56 Å². The molecule has 0 atom stereocenters. The largest absolute Gasteiger partial charge is 0.444 e. The van der Waals surface area contributed by atoms with Gasteiger partial charge in [0.2, 0.25) is 0 Å². The number of hydrogen-bond acceptors (Lipinski definition) is 4. The lowest BCUT2D eigenvalue weighted by Gasteiger charge is -2.20. The van der Waals surface area contributed by atoms with Crippen LogP contribution in [-0.2, 0) is 11.3 Å². The molecule has 1 amide bonds. The maximum Gasteiger partial charge on any atom is 0.413 e. The lowest BCUT2D eigenvalue weighted by atomic mass is 10.2. The second kappa shape index (κ2) is 7.13. The Hall–Kier alpha value is -2.56. The molecule has 0 unspecified atom stereocenters. The SMILES string of the molecule is CN(Cc1ccccc1)c1ccc(NC(=O)OC(C)(C)C)nc1. The van der Waals surface area contributed by atoms with E-state index >= 15 is 0 Å². The van der Waals surface area contributed by atoms with Crippen molar-refractivity contribution in [3.8, 4) is 0 Å². The highest BCUT2D eigenvalue weighted by Crippen LogP contribution is 2.17. The summed E-state index contributed by atoms with van der Waals surface area (Å²) in [5, 5.41) is 2.62. The highest BCUT2D eigenvalue weighted by Gasteiger charge is 2.16. The van der Waals surface area contributed by atoms with E-state index in [0.29, 0.717) is 5.82 Å². The van der Waals surface area contributed by atoms with Crippen molar-refractivity contribution in [2.24, 2.45) is 0 Å². The third kappa shape index (κ3) is 5.62. The Morgan fingerprint density at radius 1 is 1.17 bits per heavy atom. The molecule has 1 aromatic carbocycles. The molecule has 2 aromatic rings. The van der Waals surface area contributed by atoms with Gasteiger partial charge in [-0.2, -0.15) is 0 Å². The lowest BCUT2D eigenvalue weighted by Crippen LogP contribution is -2.27. The van der Waals surface area contributed by atoms with Crippen LogP contribution in [0.2, 0.25) is 0 Å². The van der Waals surface area contributed by atoms with Crippen molar-refractivity contribution < 1.29 is 9.53 Å². The normalized spacial score (nSPS) is 11.0. The monoisotopic (exact) mass is 313 g/mol. The number of carbonyl (C=O) groups excluding carboxylic acids is 1. The standard InChI is InChI=1S/C18H23N3O2/c1-18(2,3)23-17(22)20-16-11-10-15(12-19-16)21(4)13-14-8-6-5-7-9-14/h5-12H,13H2,1-4H3,(H,19,20,22). The number of benzene rings is 1. The van der Waals surface area contributed by atoms with Gasteiger partial charge in [-0.3, -0.25) is 5.32 Å². The molecule has 0 radical (unpaired) electrons. The Morgan fingerprint density at radius 2 is 1.87 bits per heavy atom. The quantitative estimate of drug-likeness (QED) is 0.924. The second-order valence-electron chi connectivity index (χ2n) is 6.37. The van der Waals surface area contributed by atoms with Gasteiger partial charge in [0, 0.05) is 13.6 Å². The fraction of sp³-hybridized carbons (Fsp3) is 0.333. The van der Waals surface area contributed by atoms with E-state index in [9.17, 15) is 4.79 Å². The zero-order chi connectivity index (χ0) is 16.9. The Balaban J connectivity index is 1.95. The minimum absolute atomic E-state index is 0.469. The molecule has 0 aliphatic heterocycles. The predicted molar refractivity (Wildman–Crippen MR) is 92.6 cm³/mol. The first-order valence-electron chi connectivity index (χ1n) is 7.54. The van der Waals surface area contributed by atoms with Crippen molar-refractivity contribution in [3.05, 3.63) is 54.2 Å². The Labute approximate surface area is 137 Å². The second-order valence-corrected chi connectivity index (χ2v) is 6.37. The number of rotatable bonds is 4. The van der Waals surface area contributed by atoms with Crippen LogP contribution in [0.25, 0.3) is 0 Å². The number of anilines is 2. The van der Waals surface area contributed by atoms with Gasteiger partial charge in [-0.1, -0.05) is 30.3 Å². The highest BCUT2D eigenvalue weighted by atomic mass is 16.6. The van der Waals surface area contributed by atoms with Gasteiger partial charge in [-0.25, -0.2) is 9.78 Å². The van der Waals surface area contributed by atoms with Crippen molar-refractivity contribution in [1.29, 1.82) is 0 Å². The van der Waals surface area contributed by atoms with Crippen LogP contribution in [0.3, 0.4) is 0 Å². The molecule has 0 fully saturated rings. The van der Waals surface area contributed by atoms with E-state index in [4.69, 9.17) is 4.74 Å². The van der Waals surface area contributed by atoms with Crippen LogP contribution in [0.5, 0.6) is 0 Å². The first-order valence-corrected chi connectivity index (χ1v) is 7.54. The summed E-state index contributed by atoms with van der Waals surface area (Å²) in [4.78, 5) is 18.1. The third-order valence-electron chi connectivity index (χ3n) is 3.08. The zero-order valence-electron chi connectivity index (χ0n) is 14.0. The number of aromatic nitrogens is 1. The summed E-state index contributed by atoms with van der Waals surface area (Å²) in [6.45, 7) is 6.26. The highest BCUT2D eigenvalue weighted by molar-refractivity contribution is 5.83. The van der Waals surface area contributed by atoms with Crippen LogP contribution < -0.4 is 10.2 Å². The third-order valence-corrected chi connectivity index (χ3v) is 3.08. The molecule has 23 heavy (non-hydrogen) atoms. The molecule has 0 saturated carbocycles. The van der Waals surface area contributed by atoms with Crippen molar-refractivity contribution >= 4 is 17.6 Å². The molecular weight excluding hydrogens is 290 g/mol. The van der Waals surface area contributed by atoms with Crippen LogP contribution >= 0.6 is 0 Å². The minimum Gasteiger partial charge on any atom is -0.444 e. The molecule has 1 heterocycles. The van der Waals surface area contributed by atoms with Crippen LogP contribution in [-0.4, -0.2) is 23.7 Å². The van der Waals surface area contributed by atoms with E-state index in [1.807, 2.05) is 52.1 Å². The van der Waals surface area contributed by atoms with Crippen molar-refractivity contribution in [2.75, 3.05) is 17.3 Å². The smallest absolute Gasteiger partial charge is 0.413 e. The molecule has 1 N–H and O–H groups in total. The topological polar surface area (TPSA) is 54.5 Å². The maximum atomic E-state index is 11.7. The zero-order valence-corrected chi connectivity index (χ0v) is 14.0. The number of amides is 1. The number of pyridine rings is 1. The van der Waals surface area contributed by atoms with Crippen LogP contribution in [0.15, 0.2) is 48.7 Å². The Morgan fingerprint density at radius 3 is 2.43 bits per heavy atom. The first-order chi connectivity index (χ1) is 10.8. The predicted octanol–water partition coefficient (Wildman–Crippen LogP) is 4.07. The molecule has 0 saturated heterocycles.